The Morgan fingerprint density at radius 3 is 2.96 bits per heavy atom. The molecular formula is C20H24N2O4. The number of para-hydroxylation sites is 1. The predicted molar refractivity (Wildman–Crippen MR) is 95.6 cm³/mol. The van der Waals surface area contributed by atoms with Gasteiger partial charge in [-0.05, 0) is 30.5 Å². The van der Waals surface area contributed by atoms with Gasteiger partial charge in [-0.2, -0.15) is 5.06 Å². The number of anilines is 1. The maximum atomic E-state index is 13.6. The van der Waals surface area contributed by atoms with Gasteiger partial charge in [0.2, 0.25) is 0 Å². The van der Waals surface area contributed by atoms with Crippen LogP contribution in [0.3, 0.4) is 0 Å². The summed E-state index contributed by atoms with van der Waals surface area (Å²) in [6, 6.07) is 7.79. The minimum absolute atomic E-state index is 0.0185. The number of nitrogens with zero attached hydrogens (tertiary/aromatic N) is 1. The molecular weight excluding hydrogens is 332 g/mol. The highest BCUT2D eigenvalue weighted by Gasteiger charge is 2.66. The second-order valence-corrected chi connectivity index (χ2v) is 7.83. The number of nitrogens with one attached hydrogen (secondary N) is 1. The van der Waals surface area contributed by atoms with E-state index in [0.29, 0.717) is 26.0 Å². The second kappa shape index (κ2) is 5.39. The first-order valence-electron chi connectivity index (χ1n) is 9.27. The van der Waals surface area contributed by atoms with Gasteiger partial charge in [-0.25, -0.2) is 0 Å². The Kier molecular flexibility index (Phi) is 3.41. The standard InChI is InChI=1S/C20H24N2O4/c1-3-12-10-21-15-8-19(17-9-20(12,24)14(15)11-26-17)13-6-4-5-7-16(13)22(25-2)18(19)23/h3-7,14-15,17,21,24H,8-11H2,1-2H3. The number of allylic oxidation sites excluding steroid dienone is 1. The molecule has 1 aliphatic carbocycles. The highest BCUT2D eigenvalue weighted by Crippen LogP contribution is 2.57. The van der Waals surface area contributed by atoms with Crippen LogP contribution in [0.15, 0.2) is 35.9 Å². The summed E-state index contributed by atoms with van der Waals surface area (Å²) in [5.74, 6) is -0.138. The van der Waals surface area contributed by atoms with Crippen LogP contribution in [0.4, 0.5) is 5.69 Å². The highest BCUT2D eigenvalue weighted by molar-refractivity contribution is 6.07. The van der Waals surface area contributed by atoms with Crippen molar-refractivity contribution in [3.63, 3.8) is 0 Å². The number of carbonyl (C=O) groups excluding carboxylic acids is 1. The molecule has 4 aliphatic heterocycles. The van der Waals surface area contributed by atoms with Crippen molar-refractivity contribution in [2.24, 2.45) is 5.92 Å². The summed E-state index contributed by atoms with van der Waals surface area (Å²) >= 11 is 0. The monoisotopic (exact) mass is 356 g/mol. The maximum absolute atomic E-state index is 13.6. The van der Waals surface area contributed by atoms with Gasteiger partial charge in [-0.15, -0.1) is 0 Å². The first kappa shape index (κ1) is 16.4. The molecule has 1 saturated carbocycles. The fraction of sp³-hybridized carbons (Fsp3) is 0.550. The summed E-state index contributed by atoms with van der Waals surface area (Å²) in [5, 5.41) is 16.5. The molecule has 138 valence electrons. The molecule has 0 aromatic heterocycles. The topological polar surface area (TPSA) is 71.0 Å². The average molecular weight is 356 g/mol. The van der Waals surface area contributed by atoms with Crippen molar-refractivity contribution < 1.29 is 19.5 Å². The van der Waals surface area contributed by atoms with Gasteiger partial charge in [-0.3, -0.25) is 9.63 Å². The number of amides is 1. The lowest BCUT2D eigenvalue weighted by Gasteiger charge is -2.48. The number of carbonyl (C=O) groups is 1. The van der Waals surface area contributed by atoms with Gasteiger partial charge >= 0.3 is 0 Å². The number of aliphatic hydroxyl groups is 1. The number of piperidine rings is 1. The van der Waals surface area contributed by atoms with E-state index < -0.39 is 11.0 Å². The molecule has 6 heteroatoms. The smallest absolute Gasteiger partial charge is 0.264 e. The van der Waals surface area contributed by atoms with Gasteiger partial charge in [0.1, 0.15) is 5.41 Å². The van der Waals surface area contributed by atoms with Crippen LogP contribution in [0.2, 0.25) is 0 Å². The molecule has 6 nitrogen and oxygen atoms in total. The van der Waals surface area contributed by atoms with Gasteiger partial charge in [-0.1, -0.05) is 24.3 Å². The minimum Gasteiger partial charge on any atom is -0.385 e. The Morgan fingerprint density at radius 1 is 1.38 bits per heavy atom. The highest BCUT2D eigenvalue weighted by atomic mass is 16.7. The van der Waals surface area contributed by atoms with Crippen molar-refractivity contribution in [2.75, 3.05) is 25.3 Å². The maximum Gasteiger partial charge on any atom is 0.264 e. The first-order chi connectivity index (χ1) is 12.6. The van der Waals surface area contributed by atoms with Crippen molar-refractivity contribution >= 4 is 11.6 Å². The summed E-state index contributed by atoms with van der Waals surface area (Å²) in [7, 11) is 1.52. The van der Waals surface area contributed by atoms with Gasteiger partial charge in [0.25, 0.3) is 5.91 Å². The average Bonchev–Trinajstić information content (AvgIpc) is 2.74. The predicted octanol–water partition coefficient (Wildman–Crippen LogP) is 1.29. The molecule has 4 fully saturated rings. The lowest BCUT2D eigenvalue weighted by molar-refractivity contribution is -0.152. The zero-order valence-electron chi connectivity index (χ0n) is 15.1. The number of hydrogen-bond acceptors (Lipinski definition) is 5. The zero-order valence-corrected chi connectivity index (χ0v) is 15.1. The molecule has 1 spiro atoms. The number of fused-ring (bicyclic) bond motifs is 2. The molecule has 5 unspecified atom stereocenters. The van der Waals surface area contributed by atoms with Crippen LogP contribution < -0.4 is 10.4 Å². The molecule has 0 radical (unpaired) electrons. The molecule has 3 saturated heterocycles. The van der Waals surface area contributed by atoms with E-state index >= 15 is 0 Å². The van der Waals surface area contributed by atoms with Crippen LogP contribution in [0, 0.1) is 5.92 Å². The van der Waals surface area contributed by atoms with Crippen molar-refractivity contribution in [3.05, 3.63) is 41.5 Å². The quantitative estimate of drug-likeness (QED) is 0.742. The molecule has 4 heterocycles. The van der Waals surface area contributed by atoms with Gasteiger partial charge in [0.15, 0.2) is 0 Å². The molecule has 2 N–H and O–H groups in total. The van der Waals surface area contributed by atoms with Crippen molar-refractivity contribution in [1.82, 2.24) is 5.32 Å². The number of rotatable bonds is 1. The van der Waals surface area contributed by atoms with Crippen LogP contribution >= 0.6 is 0 Å². The summed E-state index contributed by atoms with van der Waals surface area (Å²) in [4.78, 5) is 19.0. The fourth-order valence-corrected chi connectivity index (χ4v) is 5.69. The summed E-state index contributed by atoms with van der Waals surface area (Å²) in [5.41, 5.74) is 0.991. The van der Waals surface area contributed by atoms with E-state index in [0.717, 1.165) is 16.8 Å². The van der Waals surface area contributed by atoms with Gasteiger partial charge in [0.05, 0.1) is 31.1 Å². The van der Waals surface area contributed by atoms with Crippen molar-refractivity contribution in [3.8, 4) is 0 Å². The summed E-state index contributed by atoms with van der Waals surface area (Å²) in [6.45, 7) is 3.08. The third-order valence-electron chi connectivity index (χ3n) is 6.98. The lowest BCUT2D eigenvalue weighted by Crippen LogP contribution is -2.60. The van der Waals surface area contributed by atoms with Crippen LogP contribution in [-0.2, 0) is 19.8 Å². The first-order valence-corrected chi connectivity index (χ1v) is 9.27. The zero-order chi connectivity index (χ0) is 18.1. The minimum atomic E-state index is -0.910. The van der Waals surface area contributed by atoms with Crippen molar-refractivity contribution in [2.45, 2.75) is 42.9 Å². The van der Waals surface area contributed by atoms with Crippen LogP contribution in [-0.4, -0.2) is 49.0 Å². The number of hydrogen-bond donors (Lipinski definition) is 2. The van der Waals surface area contributed by atoms with Gasteiger partial charge < -0.3 is 15.2 Å². The van der Waals surface area contributed by atoms with Crippen LogP contribution in [0.25, 0.3) is 0 Å². The summed E-state index contributed by atoms with van der Waals surface area (Å²) < 4.78 is 6.22. The number of benzene rings is 1. The lowest BCUT2D eigenvalue weighted by atomic mass is 9.71. The molecule has 1 aromatic rings. The third kappa shape index (κ3) is 1.78. The van der Waals surface area contributed by atoms with E-state index in [1.807, 2.05) is 37.3 Å². The second-order valence-electron chi connectivity index (χ2n) is 7.83. The fourth-order valence-electron chi connectivity index (χ4n) is 5.69. The van der Waals surface area contributed by atoms with E-state index in [1.54, 1.807) is 0 Å². The van der Waals surface area contributed by atoms with E-state index in [4.69, 9.17) is 9.57 Å². The SMILES string of the molecule is CC=C1CNC2CC3(C(=O)N(OC)c4ccccc43)C3CC1(O)C2CO3. The Labute approximate surface area is 152 Å². The van der Waals surface area contributed by atoms with E-state index in [2.05, 4.69) is 5.32 Å². The molecule has 1 aromatic carbocycles. The Morgan fingerprint density at radius 2 is 2.19 bits per heavy atom. The van der Waals surface area contributed by atoms with E-state index in [-0.39, 0.29) is 24.0 Å². The molecule has 5 atom stereocenters. The third-order valence-corrected chi connectivity index (χ3v) is 6.98. The Bertz CT molecular complexity index is 809. The Hall–Kier alpha value is -1.73. The van der Waals surface area contributed by atoms with E-state index in [1.165, 1.54) is 12.2 Å². The molecule has 4 bridgehead atoms. The van der Waals surface area contributed by atoms with Crippen molar-refractivity contribution in [1.29, 1.82) is 0 Å². The number of ether oxygens (including phenoxy) is 1. The largest absolute Gasteiger partial charge is 0.385 e. The molecule has 6 rings (SSSR count). The molecule has 1 amide bonds. The summed E-state index contributed by atoms with van der Waals surface area (Å²) in [6.07, 6.45) is 2.67. The van der Waals surface area contributed by atoms with Gasteiger partial charge in [0, 0.05) is 24.9 Å². The number of hydroxylamine groups is 1. The Balaban J connectivity index is 1.71. The normalized spacial score (nSPS) is 42.4. The van der Waals surface area contributed by atoms with Crippen LogP contribution in [0.5, 0.6) is 0 Å². The molecule has 5 aliphatic rings. The van der Waals surface area contributed by atoms with Crippen LogP contribution in [0.1, 0.15) is 25.3 Å². The van der Waals surface area contributed by atoms with E-state index in [9.17, 15) is 9.90 Å². The molecule has 26 heavy (non-hydrogen) atoms.